The molecule has 1 fully saturated rings. The number of carboxylic acid groups (broad SMARTS) is 1. The van der Waals surface area contributed by atoms with Crippen LogP contribution in [0, 0.1) is 17.8 Å². The van der Waals surface area contributed by atoms with E-state index < -0.39 is 11.9 Å². The summed E-state index contributed by atoms with van der Waals surface area (Å²) in [5.41, 5.74) is 0. The monoisotopic (exact) mass is 256 g/mol. The van der Waals surface area contributed by atoms with Gasteiger partial charge in [0.15, 0.2) is 0 Å². The summed E-state index contributed by atoms with van der Waals surface area (Å²) in [7, 11) is 0. The highest BCUT2D eigenvalue weighted by molar-refractivity contribution is 5.76. The minimum Gasteiger partial charge on any atom is -0.481 e. The summed E-state index contributed by atoms with van der Waals surface area (Å²) >= 11 is 0. The quantitative estimate of drug-likeness (QED) is 0.808. The van der Waals surface area contributed by atoms with Gasteiger partial charge < -0.3 is 15.3 Å². The zero-order valence-corrected chi connectivity index (χ0v) is 11.6. The first-order valence-electron chi connectivity index (χ1n) is 6.59. The Balaban J connectivity index is 2.52. The Hall–Kier alpha value is -1.26. The SMILES string of the molecule is CC1CC(C)CN(C(=O)NC(C)C(C)C(=O)O)C1. The van der Waals surface area contributed by atoms with Gasteiger partial charge in [0, 0.05) is 19.1 Å². The summed E-state index contributed by atoms with van der Waals surface area (Å²) in [6.07, 6.45) is 1.14. The van der Waals surface area contributed by atoms with E-state index in [0.29, 0.717) is 11.8 Å². The number of carboxylic acids is 1. The number of amides is 2. The Morgan fingerprint density at radius 3 is 2.17 bits per heavy atom. The largest absolute Gasteiger partial charge is 0.481 e. The predicted octanol–water partition coefficient (Wildman–Crippen LogP) is 1.78. The van der Waals surface area contributed by atoms with Gasteiger partial charge in [-0.3, -0.25) is 4.79 Å². The van der Waals surface area contributed by atoms with Crippen LogP contribution >= 0.6 is 0 Å². The second-order valence-corrected chi connectivity index (χ2v) is 5.72. The molecular formula is C13H24N2O3. The zero-order chi connectivity index (χ0) is 13.9. The average Bonchev–Trinajstić information content (AvgIpc) is 2.26. The highest BCUT2D eigenvalue weighted by Gasteiger charge is 2.28. The van der Waals surface area contributed by atoms with Crippen LogP contribution in [-0.4, -0.2) is 41.1 Å². The van der Waals surface area contributed by atoms with Gasteiger partial charge in [-0.05, 0) is 32.1 Å². The molecular weight excluding hydrogens is 232 g/mol. The molecule has 1 rings (SSSR count). The molecule has 1 aliphatic heterocycles. The van der Waals surface area contributed by atoms with Gasteiger partial charge in [-0.1, -0.05) is 13.8 Å². The molecule has 0 radical (unpaired) electrons. The molecule has 2 N–H and O–H groups in total. The maximum atomic E-state index is 12.0. The predicted molar refractivity (Wildman–Crippen MR) is 69.3 cm³/mol. The number of urea groups is 1. The Morgan fingerprint density at radius 2 is 1.72 bits per heavy atom. The number of hydrogen-bond donors (Lipinski definition) is 2. The number of carbonyl (C=O) groups excluding carboxylic acids is 1. The first-order chi connectivity index (χ1) is 8.31. The Kier molecular flexibility index (Phi) is 4.99. The maximum Gasteiger partial charge on any atom is 0.317 e. The highest BCUT2D eigenvalue weighted by Crippen LogP contribution is 2.21. The van der Waals surface area contributed by atoms with E-state index in [1.54, 1.807) is 18.7 Å². The Bertz CT molecular complexity index is 309. The molecule has 4 atom stereocenters. The Labute approximate surface area is 109 Å². The van der Waals surface area contributed by atoms with Crippen molar-refractivity contribution in [1.82, 2.24) is 10.2 Å². The minimum absolute atomic E-state index is 0.144. The summed E-state index contributed by atoms with van der Waals surface area (Å²) in [6, 6.07) is -0.503. The van der Waals surface area contributed by atoms with Crippen molar-refractivity contribution in [3.05, 3.63) is 0 Å². The molecule has 1 aliphatic rings. The molecule has 1 heterocycles. The van der Waals surface area contributed by atoms with Crippen LogP contribution in [0.4, 0.5) is 4.79 Å². The summed E-state index contributed by atoms with van der Waals surface area (Å²) < 4.78 is 0. The third-order valence-electron chi connectivity index (χ3n) is 3.65. The van der Waals surface area contributed by atoms with E-state index in [2.05, 4.69) is 19.2 Å². The molecule has 18 heavy (non-hydrogen) atoms. The molecule has 5 heteroatoms. The molecule has 5 nitrogen and oxygen atoms in total. The van der Waals surface area contributed by atoms with E-state index in [1.165, 1.54) is 0 Å². The second kappa shape index (κ2) is 6.07. The lowest BCUT2D eigenvalue weighted by Gasteiger charge is -2.35. The highest BCUT2D eigenvalue weighted by atomic mass is 16.4. The van der Waals surface area contributed by atoms with Crippen LogP contribution in [0.2, 0.25) is 0 Å². The molecule has 0 aromatic carbocycles. The van der Waals surface area contributed by atoms with Gasteiger partial charge in [0.05, 0.1) is 5.92 Å². The van der Waals surface area contributed by atoms with Gasteiger partial charge >= 0.3 is 12.0 Å². The normalized spacial score (nSPS) is 27.4. The standard InChI is InChI=1S/C13H24N2O3/c1-8-5-9(2)7-15(6-8)13(18)14-11(4)10(3)12(16)17/h8-11H,5-7H2,1-4H3,(H,14,18)(H,16,17). The van der Waals surface area contributed by atoms with Crippen molar-refractivity contribution in [2.24, 2.45) is 17.8 Å². The van der Waals surface area contributed by atoms with Crippen LogP contribution in [0.3, 0.4) is 0 Å². The van der Waals surface area contributed by atoms with Crippen LogP contribution in [-0.2, 0) is 4.79 Å². The molecule has 2 amide bonds. The second-order valence-electron chi connectivity index (χ2n) is 5.72. The summed E-state index contributed by atoms with van der Waals surface area (Å²) in [5.74, 6) is -0.449. The van der Waals surface area contributed by atoms with Gasteiger partial charge in [0.2, 0.25) is 0 Å². The number of hydrogen-bond acceptors (Lipinski definition) is 2. The lowest BCUT2D eigenvalue weighted by Crippen LogP contribution is -2.51. The fourth-order valence-electron chi connectivity index (χ4n) is 2.45. The van der Waals surface area contributed by atoms with Crippen LogP contribution in [0.5, 0.6) is 0 Å². The van der Waals surface area contributed by atoms with Crippen molar-refractivity contribution >= 4 is 12.0 Å². The van der Waals surface area contributed by atoms with Crippen molar-refractivity contribution in [3.8, 4) is 0 Å². The van der Waals surface area contributed by atoms with E-state index in [0.717, 1.165) is 19.5 Å². The average molecular weight is 256 g/mol. The fourth-order valence-corrected chi connectivity index (χ4v) is 2.45. The Morgan fingerprint density at radius 1 is 1.22 bits per heavy atom. The fraction of sp³-hybridized carbons (Fsp3) is 0.846. The van der Waals surface area contributed by atoms with Gasteiger partial charge in [0.1, 0.15) is 0 Å². The number of piperidine rings is 1. The zero-order valence-electron chi connectivity index (χ0n) is 11.6. The lowest BCUT2D eigenvalue weighted by molar-refractivity contribution is -0.141. The third kappa shape index (κ3) is 3.89. The number of aliphatic carboxylic acids is 1. The lowest BCUT2D eigenvalue weighted by atomic mass is 9.92. The van der Waals surface area contributed by atoms with Crippen molar-refractivity contribution < 1.29 is 14.7 Å². The van der Waals surface area contributed by atoms with Crippen LogP contribution in [0.1, 0.15) is 34.1 Å². The number of carbonyl (C=O) groups is 2. The molecule has 4 unspecified atom stereocenters. The number of likely N-dealkylation sites (tertiary alicyclic amines) is 1. The summed E-state index contributed by atoms with van der Waals surface area (Å²) in [6.45, 7) is 9.12. The van der Waals surface area contributed by atoms with Gasteiger partial charge in [-0.15, -0.1) is 0 Å². The van der Waals surface area contributed by atoms with Gasteiger partial charge in [0.25, 0.3) is 0 Å². The van der Waals surface area contributed by atoms with Crippen LogP contribution in [0.25, 0.3) is 0 Å². The van der Waals surface area contributed by atoms with E-state index in [1.807, 2.05) is 0 Å². The topological polar surface area (TPSA) is 69.6 Å². The molecule has 0 aliphatic carbocycles. The molecule has 0 saturated carbocycles. The number of rotatable bonds is 3. The van der Waals surface area contributed by atoms with Crippen molar-refractivity contribution in [2.45, 2.75) is 40.2 Å². The molecule has 0 bridgehead atoms. The van der Waals surface area contributed by atoms with Crippen molar-refractivity contribution in [2.75, 3.05) is 13.1 Å². The molecule has 0 spiro atoms. The minimum atomic E-state index is -0.886. The number of nitrogens with zero attached hydrogens (tertiary/aromatic N) is 1. The summed E-state index contributed by atoms with van der Waals surface area (Å²) in [4.78, 5) is 24.7. The third-order valence-corrected chi connectivity index (χ3v) is 3.65. The van der Waals surface area contributed by atoms with E-state index >= 15 is 0 Å². The van der Waals surface area contributed by atoms with E-state index in [4.69, 9.17) is 5.11 Å². The first-order valence-corrected chi connectivity index (χ1v) is 6.59. The molecule has 0 aromatic rings. The number of nitrogens with one attached hydrogen (secondary N) is 1. The van der Waals surface area contributed by atoms with Gasteiger partial charge in [-0.25, -0.2) is 4.79 Å². The molecule has 1 saturated heterocycles. The van der Waals surface area contributed by atoms with Gasteiger partial charge in [-0.2, -0.15) is 0 Å². The molecule has 0 aromatic heterocycles. The van der Waals surface area contributed by atoms with Crippen LogP contribution in [0.15, 0.2) is 0 Å². The van der Waals surface area contributed by atoms with E-state index in [9.17, 15) is 9.59 Å². The molecule has 104 valence electrons. The first kappa shape index (κ1) is 14.8. The maximum absolute atomic E-state index is 12.0. The summed E-state index contributed by atoms with van der Waals surface area (Å²) in [5, 5.41) is 11.7. The van der Waals surface area contributed by atoms with Crippen molar-refractivity contribution in [3.63, 3.8) is 0 Å². The smallest absolute Gasteiger partial charge is 0.317 e. The van der Waals surface area contributed by atoms with Crippen molar-refractivity contribution in [1.29, 1.82) is 0 Å². The van der Waals surface area contributed by atoms with E-state index in [-0.39, 0.29) is 12.1 Å². The van der Waals surface area contributed by atoms with Crippen LogP contribution < -0.4 is 5.32 Å².